The first-order valence-electron chi connectivity index (χ1n) is 9.35. The van der Waals surface area contributed by atoms with Gasteiger partial charge in [-0.25, -0.2) is 0 Å². The summed E-state index contributed by atoms with van der Waals surface area (Å²) in [4.78, 5) is 2.74. The smallest absolute Gasteiger partial charge is 0.0107 e. The molecule has 3 aliphatic rings. The molecule has 3 fully saturated rings. The molecule has 0 aromatic heterocycles. The van der Waals surface area contributed by atoms with Crippen molar-refractivity contribution in [2.24, 2.45) is 17.8 Å². The van der Waals surface area contributed by atoms with E-state index in [1.54, 1.807) is 0 Å². The Morgan fingerprint density at radius 1 is 0.800 bits per heavy atom. The summed E-state index contributed by atoms with van der Waals surface area (Å²) in [5.74, 6) is 3.10. The number of likely N-dealkylation sites (tertiary alicyclic amines) is 1. The van der Waals surface area contributed by atoms with Gasteiger partial charge in [0.1, 0.15) is 0 Å². The van der Waals surface area contributed by atoms with Gasteiger partial charge < -0.3 is 10.2 Å². The van der Waals surface area contributed by atoms with Crippen LogP contribution in [0.25, 0.3) is 0 Å². The lowest BCUT2D eigenvalue weighted by Crippen LogP contribution is -2.44. The van der Waals surface area contributed by atoms with Crippen molar-refractivity contribution >= 4 is 0 Å². The number of rotatable bonds is 5. The Balaban J connectivity index is 1.28. The van der Waals surface area contributed by atoms with Gasteiger partial charge in [-0.15, -0.1) is 0 Å². The van der Waals surface area contributed by atoms with Crippen LogP contribution < -0.4 is 5.32 Å². The Labute approximate surface area is 125 Å². The fourth-order valence-electron chi connectivity index (χ4n) is 4.81. The molecule has 2 saturated carbocycles. The van der Waals surface area contributed by atoms with Gasteiger partial charge in [0.15, 0.2) is 0 Å². The van der Waals surface area contributed by atoms with E-state index in [0.29, 0.717) is 0 Å². The molecule has 0 spiro atoms. The number of nitrogens with zero attached hydrogens (tertiary/aromatic N) is 1. The number of hydrogen-bond acceptors (Lipinski definition) is 2. The molecule has 0 radical (unpaired) electrons. The maximum absolute atomic E-state index is 3.73. The Hall–Kier alpha value is -0.0800. The van der Waals surface area contributed by atoms with Gasteiger partial charge in [0.2, 0.25) is 0 Å². The van der Waals surface area contributed by atoms with Crippen LogP contribution in [0.15, 0.2) is 0 Å². The Kier molecular flexibility index (Phi) is 5.78. The van der Waals surface area contributed by atoms with E-state index in [-0.39, 0.29) is 0 Å². The fraction of sp³-hybridized carbons (Fsp3) is 1.00. The lowest BCUT2D eigenvalue weighted by Gasteiger charge is -2.41. The summed E-state index contributed by atoms with van der Waals surface area (Å²) in [5, 5.41) is 3.73. The monoisotopic (exact) mass is 278 g/mol. The third kappa shape index (κ3) is 4.21. The molecule has 1 heterocycles. The van der Waals surface area contributed by atoms with Gasteiger partial charge in [-0.2, -0.15) is 0 Å². The first-order valence-corrected chi connectivity index (χ1v) is 9.35. The van der Waals surface area contributed by atoms with Gasteiger partial charge in [0.05, 0.1) is 0 Å². The molecule has 2 aliphatic carbocycles. The summed E-state index contributed by atoms with van der Waals surface area (Å²) in [5.41, 5.74) is 0. The number of hydrogen-bond donors (Lipinski definition) is 1. The van der Waals surface area contributed by atoms with Crippen LogP contribution >= 0.6 is 0 Å². The maximum Gasteiger partial charge on any atom is 0.0107 e. The highest BCUT2D eigenvalue weighted by Crippen LogP contribution is 2.35. The van der Waals surface area contributed by atoms with Crippen LogP contribution in [0.1, 0.15) is 64.2 Å². The quantitative estimate of drug-likeness (QED) is 0.772. The molecular weight excluding hydrogens is 244 g/mol. The molecule has 1 aliphatic heterocycles. The zero-order valence-electron chi connectivity index (χ0n) is 13.3. The summed E-state index contributed by atoms with van der Waals surface area (Å²) < 4.78 is 0. The largest absolute Gasteiger partial charge is 0.315 e. The number of fused-ring (bicyclic) bond motifs is 1. The molecular formula is C18H34N2. The first-order chi connectivity index (χ1) is 9.92. The molecule has 0 bridgehead atoms. The Morgan fingerprint density at radius 2 is 1.55 bits per heavy atom. The predicted molar refractivity (Wildman–Crippen MR) is 85.9 cm³/mol. The highest BCUT2D eigenvalue weighted by atomic mass is 15.1. The van der Waals surface area contributed by atoms with Gasteiger partial charge in [-0.05, 0) is 56.5 Å². The van der Waals surface area contributed by atoms with E-state index in [1.165, 1.54) is 96.9 Å². The third-order valence-electron chi connectivity index (χ3n) is 6.14. The van der Waals surface area contributed by atoms with E-state index in [1.807, 2.05) is 0 Å². The van der Waals surface area contributed by atoms with E-state index in [4.69, 9.17) is 0 Å². The molecule has 3 rings (SSSR count). The SMILES string of the molecule is C1CCC(CNCCN2CCC3CCCCC3C2)CC1. The molecule has 116 valence electrons. The van der Waals surface area contributed by atoms with E-state index in [9.17, 15) is 0 Å². The number of piperidine rings is 1. The van der Waals surface area contributed by atoms with E-state index in [0.717, 1.165) is 17.8 Å². The molecule has 2 atom stereocenters. The van der Waals surface area contributed by atoms with Crippen LogP contribution in [0.5, 0.6) is 0 Å². The molecule has 2 nitrogen and oxygen atoms in total. The zero-order chi connectivity index (χ0) is 13.6. The molecule has 2 heteroatoms. The second kappa shape index (κ2) is 7.79. The van der Waals surface area contributed by atoms with Crippen molar-refractivity contribution < 1.29 is 0 Å². The lowest BCUT2D eigenvalue weighted by atomic mass is 9.75. The van der Waals surface area contributed by atoms with Crippen molar-refractivity contribution in [3.63, 3.8) is 0 Å². The summed E-state index contributed by atoms with van der Waals surface area (Å²) >= 11 is 0. The topological polar surface area (TPSA) is 15.3 Å². The summed E-state index contributed by atoms with van der Waals surface area (Å²) in [7, 11) is 0. The second-order valence-electron chi connectivity index (χ2n) is 7.60. The highest BCUT2D eigenvalue weighted by molar-refractivity contribution is 4.83. The number of nitrogens with one attached hydrogen (secondary N) is 1. The van der Waals surface area contributed by atoms with Crippen molar-refractivity contribution in [3.8, 4) is 0 Å². The lowest BCUT2D eigenvalue weighted by molar-refractivity contribution is 0.0873. The summed E-state index contributed by atoms with van der Waals surface area (Å²) in [6.07, 6.45) is 14.9. The normalized spacial score (nSPS) is 33.0. The highest BCUT2D eigenvalue weighted by Gasteiger charge is 2.30. The van der Waals surface area contributed by atoms with Gasteiger partial charge >= 0.3 is 0 Å². The predicted octanol–water partition coefficient (Wildman–Crippen LogP) is 3.67. The molecule has 0 amide bonds. The van der Waals surface area contributed by atoms with Crippen LogP contribution in [-0.2, 0) is 0 Å². The summed E-state index contributed by atoms with van der Waals surface area (Å²) in [6.45, 7) is 6.55. The Bertz CT molecular complexity index is 273. The molecule has 1 saturated heterocycles. The first kappa shape index (κ1) is 14.8. The maximum atomic E-state index is 3.73. The van der Waals surface area contributed by atoms with Gasteiger partial charge in [-0.1, -0.05) is 38.5 Å². The Morgan fingerprint density at radius 3 is 2.40 bits per heavy atom. The van der Waals surface area contributed by atoms with Crippen molar-refractivity contribution in [3.05, 3.63) is 0 Å². The van der Waals surface area contributed by atoms with Gasteiger partial charge in [-0.3, -0.25) is 0 Å². The van der Waals surface area contributed by atoms with E-state index < -0.39 is 0 Å². The second-order valence-corrected chi connectivity index (χ2v) is 7.60. The molecule has 0 aromatic carbocycles. The average molecular weight is 278 g/mol. The third-order valence-corrected chi connectivity index (χ3v) is 6.14. The fourth-order valence-corrected chi connectivity index (χ4v) is 4.81. The van der Waals surface area contributed by atoms with Crippen LogP contribution in [0.2, 0.25) is 0 Å². The minimum absolute atomic E-state index is 0.979. The molecule has 1 N–H and O–H groups in total. The van der Waals surface area contributed by atoms with Crippen LogP contribution in [0.3, 0.4) is 0 Å². The minimum atomic E-state index is 0.979. The molecule has 20 heavy (non-hydrogen) atoms. The van der Waals surface area contributed by atoms with Crippen LogP contribution in [-0.4, -0.2) is 37.6 Å². The van der Waals surface area contributed by atoms with E-state index in [2.05, 4.69) is 10.2 Å². The van der Waals surface area contributed by atoms with Gasteiger partial charge in [0.25, 0.3) is 0 Å². The van der Waals surface area contributed by atoms with Crippen molar-refractivity contribution in [1.82, 2.24) is 10.2 Å². The van der Waals surface area contributed by atoms with Crippen molar-refractivity contribution in [2.45, 2.75) is 64.2 Å². The van der Waals surface area contributed by atoms with E-state index >= 15 is 0 Å². The minimum Gasteiger partial charge on any atom is -0.315 e. The summed E-state index contributed by atoms with van der Waals surface area (Å²) in [6, 6.07) is 0. The van der Waals surface area contributed by atoms with Crippen LogP contribution in [0.4, 0.5) is 0 Å². The zero-order valence-corrected chi connectivity index (χ0v) is 13.3. The average Bonchev–Trinajstić information content (AvgIpc) is 2.52. The molecule has 2 unspecified atom stereocenters. The van der Waals surface area contributed by atoms with Crippen molar-refractivity contribution in [2.75, 3.05) is 32.7 Å². The standard InChI is InChI=1S/C18H34N2/c1-2-6-16(7-3-1)14-19-11-13-20-12-10-17-8-4-5-9-18(17)15-20/h16-19H,1-15H2. The van der Waals surface area contributed by atoms with Crippen molar-refractivity contribution in [1.29, 1.82) is 0 Å². The van der Waals surface area contributed by atoms with Gasteiger partial charge in [0, 0.05) is 19.6 Å². The molecule has 0 aromatic rings. The van der Waals surface area contributed by atoms with Crippen LogP contribution in [0, 0.1) is 17.8 Å².